The molecule has 4 amide bonds. The van der Waals surface area contributed by atoms with Crippen LogP contribution >= 0.6 is 11.6 Å². The molecule has 2 aliphatic rings. The minimum atomic E-state index is -0.943. The molecule has 0 atom stereocenters. The fourth-order valence-electron chi connectivity index (χ4n) is 2.69. The third-order valence-corrected chi connectivity index (χ3v) is 4.23. The normalized spacial score (nSPS) is 19.8. The molecule has 0 radical (unpaired) electrons. The van der Waals surface area contributed by atoms with Crippen LogP contribution in [0.25, 0.3) is 0 Å². The van der Waals surface area contributed by atoms with Crippen molar-refractivity contribution in [3.63, 3.8) is 0 Å². The van der Waals surface area contributed by atoms with Crippen molar-refractivity contribution in [2.24, 2.45) is 0 Å². The summed E-state index contributed by atoms with van der Waals surface area (Å²) in [5.74, 6) is -0.911. The Morgan fingerprint density at radius 2 is 2.17 bits per heavy atom. The maximum Gasteiger partial charge on any atom is 0.325 e. The molecule has 0 aliphatic carbocycles. The number of ether oxygens (including phenoxy) is 1. The van der Waals surface area contributed by atoms with E-state index in [1.807, 2.05) is 0 Å². The zero-order valence-corrected chi connectivity index (χ0v) is 12.9. The van der Waals surface area contributed by atoms with Crippen molar-refractivity contribution >= 4 is 35.1 Å². The van der Waals surface area contributed by atoms with Gasteiger partial charge in [-0.2, -0.15) is 0 Å². The highest BCUT2D eigenvalue weighted by molar-refractivity contribution is 6.32. The maximum absolute atomic E-state index is 12.5. The number of halogens is 1. The van der Waals surface area contributed by atoms with Crippen molar-refractivity contribution in [2.75, 3.05) is 25.1 Å². The summed E-state index contributed by atoms with van der Waals surface area (Å²) < 4.78 is 5.23. The molecular formula is C14H15ClN4O4. The summed E-state index contributed by atoms with van der Waals surface area (Å²) in [5, 5.41) is 5.36. The van der Waals surface area contributed by atoms with E-state index in [1.165, 1.54) is 6.20 Å². The van der Waals surface area contributed by atoms with E-state index in [9.17, 15) is 14.4 Å². The molecule has 3 rings (SSSR count). The lowest BCUT2D eigenvalue weighted by Crippen LogP contribution is -2.51. The van der Waals surface area contributed by atoms with E-state index in [1.54, 1.807) is 12.1 Å². The van der Waals surface area contributed by atoms with Crippen LogP contribution < -0.4 is 10.6 Å². The Hall–Kier alpha value is -2.19. The van der Waals surface area contributed by atoms with Crippen molar-refractivity contribution in [3.05, 3.63) is 23.5 Å². The third kappa shape index (κ3) is 2.99. The lowest BCUT2D eigenvalue weighted by atomic mass is 9.90. The van der Waals surface area contributed by atoms with Gasteiger partial charge in [-0.25, -0.2) is 9.78 Å². The molecule has 0 bridgehead atoms. The molecule has 0 unspecified atom stereocenters. The van der Waals surface area contributed by atoms with Crippen molar-refractivity contribution in [2.45, 2.75) is 18.4 Å². The van der Waals surface area contributed by atoms with Crippen molar-refractivity contribution in [3.8, 4) is 0 Å². The summed E-state index contributed by atoms with van der Waals surface area (Å²) in [5.41, 5.74) is -0.617. The zero-order valence-electron chi connectivity index (χ0n) is 12.2. The van der Waals surface area contributed by atoms with E-state index in [0.717, 1.165) is 4.90 Å². The summed E-state index contributed by atoms with van der Waals surface area (Å²) >= 11 is 5.86. The Kier molecular flexibility index (Phi) is 4.18. The van der Waals surface area contributed by atoms with Crippen molar-refractivity contribution < 1.29 is 19.1 Å². The summed E-state index contributed by atoms with van der Waals surface area (Å²) in [6.45, 7) is 0.424. The molecule has 0 saturated carbocycles. The van der Waals surface area contributed by atoms with E-state index >= 15 is 0 Å². The SMILES string of the molecule is O=C(CN1C(=O)NC2(CCOCC2)C1=O)Nc1cccnc1Cl. The highest BCUT2D eigenvalue weighted by atomic mass is 35.5. The summed E-state index contributed by atoms with van der Waals surface area (Å²) in [7, 11) is 0. The number of aromatic nitrogens is 1. The summed E-state index contributed by atoms with van der Waals surface area (Å²) in [4.78, 5) is 41.4. The van der Waals surface area contributed by atoms with Gasteiger partial charge in [0, 0.05) is 32.3 Å². The third-order valence-electron chi connectivity index (χ3n) is 3.93. The topological polar surface area (TPSA) is 101 Å². The van der Waals surface area contributed by atoms with Gasteiger partial charge in [-0.1, -0.05) is 11.6 Å². The van der Waals surface area contributed by atoms with E-state index in [-0.39, 0.29) is 11.7 Å². The van der Waals surface area contributed by atoms with Crippen LogP contribution in [0.15, 0.2) is 18.3 Å². The number of nitrogens with one attached hydrogen (secondary N) is 2. The number of amides is 4. The molecule has 2 fully saturated rings. The van der Waals surface area contributed by atoms with E-state index in [4.69, 9.17) is 16.3 Å². The Morgan fingerprint density at radius 1 is 1.43 bits per heavy atom. The largest absolute Gasteiger partial charge is 0.381 e. The van der Waals surface area contributed by atoms with Gasteiger partial charge in [-0.3, -0.25) is 14.5 Å². The monoisotopic (exact) mass is 338 g/mol. The molecule has 9 heteroatoms. The molecule has 2 aliphatic heterocycles. The second-order valence-electron chi connectivity index (χ2n) is 5.41. The lowest BCUT2D eigenvalue weighted by Gasteiger charge is -2.30. The van der Waals surface area contributed by atoms with Gasteiger partial charge in [0.25, 0.3) is 5.91 Å². The number of rotatable bonds is 3. The average molecular weight is 339 g/mol. The van der Waals surface area contributed by atoms with Gasteiger partial charge in [0.2, 0.25) is 5.91 Å². The Labute approximate surface area is 137 Å². The minimum absolute atomic E-state index is 0.138. The van der Waals surface area contributed by atoms with Crippen molar-refractivity contribution in [1.82, 2.24) is 15.2 Å². The molecular weight excluding hydrogens is 324 g/mol. The molecule has 122 valence electrons. The number of anilines is 1. The first kappa shape index (κ1) is 15.7. The van der Waals surface area contributed by atoms with Crippen LogP contribution in [0.4, 0.5) is 10.5 Å². The molecule has 2 saturated heterocycles. The van der Waals surface area contributed by atoms with Crippen LogP contribution in [-0.4, -0.2) is 53.0 Å². The highest BCUT2D eigenvalue weighted by Gasteiger charge is 2.52. The molecule has 1 aromatic rings. The van der Waals surface area contributed by atoms with Gasteiger partial charge in [-0.15, -0.1) is 0 Å². The van der Waals surface area contributed by atoms with Crippen LogP contribution in [0.3, 0.4) is 0 Å². The van der Waals surface area contributed by atoms with Crippen LogP contribution in [0.1, 0.15) is 12.8 Å². The second kappa shape index (κ2) is 6.13. The first-order valence-electron chi connectivity index (χ1n) is 7.14. The number of carbonyl (C=O) groups excluding carboxylic acids is 3. The van der Waals surface area contributed by atoms with E-state index in [2.05, 4.69) is 15.6 Å². The van der Waals surface area contributed by atoms with Gasteiger partial charge in [0.1, 0.15) is 12.1 Å². The second-order valence-corrected chi connectivity index (χ2v) is 5.76. The molecule has 3 heterocycles. The van der Waals surface area contributed by atoms with E-state index < -0.39 is 23.4 Å². The predicted molar refractivity (Wildman–Crippen MR) is 80.9 cm³/mol. The molecule has 23 heavy (non-hydrogen) atoms. The molecule has 1 aromatic heterocycles. The first-order valence-corrected chi connectivity index (χ1v) is 7.52. The minimum Gasteiger partial charge on any atom is -0.381 e. The molecule has 8 nitrogen and oxygen atoms in total. The number of carbonyl (C=O) groups is 3. The smallest absolute Gasteiger partial charge is 0.325 e. The number of hydrogen-bond acceptors (Lipinski definition) is 5. The van der Waals surface area contributed by atoms with Gasteiger partial charge in [0.05, 0.1) is 5.69 Å². The van der Waals surface area contributed by atoms with E-state index in [0.29, 0.717) is 31.7 Å². The molecule has 2 N–H and O–H groups in total. The average Bonchev–Trinajstić information content (AvgIpc) is 2.75. The number of pyridine rings is 1. The number of imide groups is 1. The lowest BCUT2D eigenvalue weighted by molar-refractivity contribution is -0.136. The highest BCUT2D eigenvalue weighted by Crippen LogP contribution is 2.28. The standard InChI is InChI=1S/C14H15ClN4O4/c15-11-9(2-1-5-16-11)17-10(20)8-19-12(21)14(18-13(19)22)3-6-23-7-4-14/h1-2,5H,3-4,6-8H2,(H,17,20)(H,18,22). The van der Waals surface area contributed by atoms with Crippen LogP contribution in [-0.2, 0) is 14.3 Å². The summed E-state index contributed by atoms with van der Waals surface area (Å²) in [6.07, 6.45) is 2.30. The van der Waals surface area contributed by atoms with Crippen molar-refractivity contribution in [1.29, 1.82) is 0 Å². The number of nitrogens with zero attached hydrogens (tertiary/aromatic N) is 2. The maximum atomic E-state index is 12.5. The zero-order chi connectivity index (χ0) is 16.4. The summed E-state index contributed by atoms with van der Waals surface area (Å²) in [6, 6.07) is 2.63. The molecule has 0 aromatic carbocycles. The van der Waals surface area contributed by atoms with Gasteiger partial charge >= 0.3 is 6.03 Å². The predicted octanol–water partition coefficient (Wildman–Crippen LogP) is 0.774. The van der Waals surface area contributed by atoms with Crippen LogP contribution in [0, 0.1) is 0 Å². The fourth-order valence-corrected chi connectivity index (χ4v) is 2.86. The first-order chi connectivity index (χ1) is 11.0. The van der Waals surface area contributed by atoms with Crippen LogP contribution in [0.2, 0.25) is 5.15 Å². The van der Waals surface area contributed by atoms with Gasteiger partial charge in [0.15, 0.2) is 5.15 Å². The quantitative estimate of drug-likeness (QED) is 0.626. The molecule has 1 spiro atoms. The fraction of sp³-hybridized carbons (Fsp3) is 0.429. The number of urea groups is 1. The van der Waals surface area contributed by atoms with Gasteiger partial charge in [-0.05, 0) is 12.1 Å². The Morgan fingerprint density at radius 3 is 2.87 bits per heavy atom. The van der Waals surface area contributed by atoms with Crippen LogP contribution in [0.5, 0.6) is 0 Å². The van der Waals surface area contributed by atoms with Gasteiger partial charge < -0.3 is 15.4 Å². The Balaban J connectivity index is 1.68. The number of hydrogen-bond donors (Lipinski definition) is 2. The Bertz CT molecular complexity index is 660.